The van der Waals surface area contributed by atoms with E-state index in [1.54, 1.807) is 22.7 Å². The van der Waals surface area contributed by atoms with Gasteiger partial charge >= 0.3 is 6.18 Å². The van der Waals surface area contributed by atoms with Gasteiger partial charge in [0.1, 0.15) is 0 Å². The molecule has 0 radical (unpaired) electrons. The number of imidazole rings is 1. The van der Waals surface area contributed by atoms with Crippen LogP contribution in [0.5, 0.6) is 0 Å². The molecule has 7 nitrogen and oxygen atoms in total. The Morgan fingerprint density at radius 3 is 2.74 bits per heavy atom. The first-order chi connectivity index (χ1) is 18.2. The number of carbonyl (C=O) groups is 1. The molecular weight excluding hydrogens is 519 g/mol. The van der Waals surface area contributed by atoms with Gasteiger partial charge in [0.05, 0.1) is 47.7 Å². The van der Waals surface area contributed by atoms with Gasteiger partial charge in [-0.3, -0.25) is 4.79 Å². The van der Waals surface area contributed by atoms with E-state index in [0.717, 1.165) is 37.6 Å². The van der Waals surface area contributed by atoms with Gasteiger partial charge in [-0.2, -0.15) is 13.2 Å². The lowest BCUT2D eigenvalue weighted by atomic mass is 10.0. The molecule has 11 heteroatoms. The number of nitrogens with zero attached hydrogens (tertiary/aromatic N) is 4. The average Bonchev–Trinajstić information content (AvgIpc) is 3.35. The molecule has 0 saturated carbocycles. The van der Waals surface area contributed by atoms with Crippen molar-refractivity contribution in [3.8, 4) is 0 Å². The maximum atomic E-state index is 13.8. The quantitative estimate of drug-likeness (QED) is 0.491. The number of amides is 1. The second kappa shape index (κ2) is 10.7. The van der Waals surface area contributed by atoms with Crippen LogP contribution in [0.3, 0.4) is 0 Å². The maximum Gasteiger partial charge on any atom is 0.416 e. The number of piperazine rings is 1. The summed E-state index contributed by atoms with van der Waals surface area (Å²) in [4.78, 5) is 21.4. The average molecular weight is 550 g/mol. The molecule has 38 heavy (non-hydrogen) atoms. The molecule has 3 heterocycles. The summed E-state index contributed by atoms with van der Waals surface area (Å²) in [5.41, 5.74) is 1.56. The molecule has 0 aliphatic carbocycles. The maximum absolute atomic E-state index is 13.8. The van der Waals surface area contributed by atoms with Crippen LogP contribution in [-0.2, 0) is 11.0 Å². The number of hydrogen-bond acceptors (Lipinski definition) is 5. The number of aliphatic hydroxyl groups excluding tert-OH is 1. The van der Waals surface area contributed by atoms with Gasteiger partial charge in [-0.15, -0.1) is 0 Å². The topological polar surface area (TPSA) is 73.6 Å². The number of hydrogen-bond donors (Lipinski definition) is 2. The van der Waals surface area contributed by atoms with Crippen molar-refractivity contribution in [1.29, 1.82) is 0 Å². The highest BCUT2D eigenvalue weighted by atomic mass is 35.5. The van der Waals surface area contributed by atoms with Crippen LogP contribution < -0.4 is 10.2 Å². The normalized spacial score (nSPS) is 21.6. The molecule has 1 unspecified atom stereocenters. The first-order valence-electron chi connectivity index (χ1n) is 12.9. The van der Waals surface area contributed by atoms with Crippen molar-refractivity contribution < 1.29 is 23.1 Å². The molecule has 1 aromatic heterocycles. The van der Waals surface area contributed by atoms with E-state index in [9.17, 15) is 23.1 Å². The van der Waals surface area contributed by atoms with Crippen molar-refractivity contribution in [2.45, 2.75) is 50.5 Å². The van der Waals surface area contributed by atoms with Crippen LogP contribution in [0.2, 0.25) is 5.02 Å². The molecular formula is C27H31ClF3N5O2. The third-order valence-corrected chi connectivity index (χ3v) is 7.93. The summed E-state index contributed by atoms with van der Waals surface area (Å²) in [6.07, 6.45) is -0.106. The molecule has 2 aliphatic heterocycles. The van der Waals surface area contributed by atoms with Gasteiger partial charge in [0.25, 0.3) is 0 Å². The fourth-order valence-electron chi connectivity index (χ4n) is 5.61. The SMILES string of the molecule is CC(c1ccc(Cl)cc1C(F)(F)F)n1cnc2ccc(N3CCN(C(=O)[C@H]4CCCCN4)[C@H](CO)C3)cc21. The Morgan fingerprint density at radius 1 is 1.21 bits per heavy atom. The van der Waals surface area contributed by atoms with Crippen molar-refractivity contribution in [2.75, 3.05) is 37.7 Å². The summed E-state index contributed by atoms with van der Waals surface area (Å²) < 4.78 is 43.1. The lowest BCUT2D eigenvalue weighted by molar-refractivity contribution is -0.139. The third kappa shape index (κ3) is 5.21. The van der Waals surface area contributed by atoms with Gasteiger partial charge in [0, 0.05) is 30.3 Å². The summed E-state index contributed by atoms with van der Waals surface area (Å²) in [5.74, 6) is 0.0363. The zero-order valence-electron chi connectivity index (χ0n) is 21.1. The largest absolute Gasteiger partial charge is 0.416 e. The summed E-state index contributed by atoms with van der Waals surface area (Å²) in [7, 11) is 0. The molecule has 2 saturated heterocycles. The molecule has 204 valence electrons. The minimum atomic E-state index is -4.54. The predicted molar refractivity (Wildman–Crippen MR) is 140 cm³/mol. The lowest BCUT2D eigenvalue weighted by Gasteiger charge is -2.43. The van der Waals surface area contributed by atoms with Crippen LogP contribution in [0.25, 0.3) is 11.0 Å². The van der Waals surface area contributed by atoms with Gasteiger partial charge in [-0.05, 0) is 62.2 Å². The number of piperidine rings is 1. The fraction of sp³-hybridized carbons (Fsp3) is 0.481. The number of aromatic nitrogens is 2. The number of fused-ring (bicyclic) bond motifs is 1. The molecule has 5 rings (SSSR count). The van der Waals surface area contributed by atoms with Crippen LogP contribution in [-0.4, -0.2) is 70.3 Å². The fourth-order valence-corrected chi connectivity index (χ4v) is 5.78. The van der Waals surface area contributed by atoms with Crippen molar-refractivity contribution >= 4 is 34.2 Å². The summed E-state index contributed by atoms with van der Waals surface area (Å²) in [6, 6.07) is 8.31. The molecule has 2 aliphatic rings. The first-order valence-corrected chi connectivity index (χ1v) is 13.3. The van der Waals surface area contributed by atoms with E-state index in [2.05, 4.69) is 15.2 Å². The number of alkyl halides is 3. The zero-order chi connectivity index (χ0) is 27.0. The second-order valence-corrected chi connectivity index (χ2v) is 10.5. The van der Waals surface area contributed by atoms with Crippen LogP contribution >= 0.6 is 11.6 Å². The van der Waals surface area contributed by atoms with Crippen molar-refractivity contribution in [3.63, 3.8) is 0 Å². The summed E-state index contributed by atoms with van der Waals surface area (Å²) in [5, 5.41) is 13.4. The number of rotatable bonds is 5. The van der Waals surface area contributed by atoms with Crippen LogP contribution in [0.1, 0.15) is 43.4 Å². The van der Waals surface area contributed by atoms with Crippen molar-refractivity contribution in [1.82, 2.24) is 19.8 Å². The summed E-state index contributed by atoms with van der Waals surface area (Å²) >= 11 is 5.88. The van der Waals surface area contributed by atoms with Gasteiger partial charge < -0.3 is 24.8 Å². The molecule has 0 spiro atoms. The van der Waals surface area contributed by atoms with E-state index in [4.69, 9.17) is 11.6 Å². The number of nitrogens with one attached hydrogen (secondary N) is 1. The lowest BCUT2D eigenvalue weighted by Crippen LogP contribution is -2.60. The third-order valence-electron chi connectivity index (χ3n) is 7.70. The van der Waals surface area contributed by atoms with Gasteiger partial charge in [-0.1, -0.05) is 24.1 Å². The van der Waals surface area contributed by atoms with Gasteiger partial charge in [0.2, 0.25) is 5.91 Å². The summed E-state index contributed by atoms with van der Waals surface area (Å²) in [6.45, 7) is 3.91. The molecule has 3 atom stereocenters. The molecule has 0 bridgehead atoms. The smallest absolute Gasteiger partial charge is 0.394 e. The Bertz CT molecular complexity index is 1310. The number of halogens is 4. The monoisotopic (exact) mass is 549 g/mol. The van der Waals surface area contributed by atoms with E-state index >= 15 is 0 Å². The molecule has 2 aromatic carbocycles. The second-order valence-electron chi connectivity index (χ2n) is 10.0. The minimum absolute atomic E-state index is 0.0291. The zero-order valence-corrected chi connectivity index (χ0v) is 21.8. The Hall–Kier alpha value is -2.82. The van der Waals surface area contributed by atoms with Crippen LogP contribution in [0.4, 0.5) is 18.9 Å². The Morgan fingerprint density at radius 2 is 2.03 bits per heavy atom. The molecule has 1 amide bonds. The highest BCUT2D eigenvalue weighted by Crippen LogP contribution is 2.38. The Labute approximate surface area is 224 Å². The first kappa shape index (κ1) is 26.8. The van der Waals surface area contributed by atoms with E-state index in [1.165, 1.54) is 12.1 Å². The van der Waals surface area contributed by atoms with Crippen molar-refractivity contribution in [2.24, 2.45) is 0 Å². The van der Waals surface area contributed by atoms with Crippen LogP contribution in [0, 0.1) is 0 Å². The number of carbonyl (C=O) groups excluding carboxylic acids is 1. The predicted octanol–water partition coefficient (Wildman–Crippen LogP) is 4.47. The number of anilines is 1. The number of benzene rings is 2. The van der Waals surface area contributed by atoms with Crippen LogP contribution in [0.15, 0.2) is 42.7 Å². The Kier molecular flexibility index (Phi) is 7.57. The van der Waals surface area contributed by atoms with E-state index in [1.807, 2.05) is 18.2 Å². The van der Waals surface area contributed by atoms with E-state index < -0.39 is 17.8 Å². The molecule has 2 N–H and O–H groups in total. The van der Waals surface area contributed by atoms with Gasteiger partial charge in [0.15, 0.2) is 0 Å². The number of aliphatic hydroxyl groups is 1. The molecule has 2 fully saturated rings. The van der Waals surface area contributed by atoms with Crippen molar-refractivity contribution in [3.05, 3.63) is 58.9 Å². The molecule has 3 aromatic rings. The van der Waals surface area contributed by atoms with Gasteiger partial charge in [-0.25, -0.2) is 4.98 Å². The Balaban J connectivity index is 1.40. The standard InChI is InChI=1S/C27H31ClF3N5O2/c1-17(21-7-5-18(28)12-22(21)27(29,30)31)36-16-33-23-8-6-19(13-25(23)36)34-10-11-35(20(14-34)15-37)26(38)24-4-2-3-9-32-24/h5-8,12-13,16-17,20,24,32,37H,2-4,9-11,14-15H2,1H3/t17?,20-,24+/m0/s1. The minimum Gasteiger partial charge on any atom is -0.394 e. The highest BCUT2D eigenvalue weighted by molar-refractivity contribution is 6.30. The van der Waals surface area contributed by atoms with E-state index in [-0.39, 0.29) is 35.2 Å². The van der Waals surface area contributed by atoms with E-state index in [0.29, 0.717) is 30.7 Å². The highest BCUT2D eigenvalue weighted by Gasteiger charge is 2.36.